The van der Waals surface area contributed by atoms with E-state index in [1.165, 1.54) is 32.1 Å². The van der Waals surface area contributed by atoms with E-state index >= 15 is 0 Å². The van der Waals surface area contributed by atoms with Crippen molar-refractivity contribution in [2.24, 2.45) is 0 Å². The van der Waals surface area contributed by atoms with Crippen LogP contribution in [0.3, 0.4) is 0 Å². The van der Waals surface area contributed by atoms with Gasteiger partial charge in [0.05, 0.1) is 21.2 Å². The quantitative estimate of drug-likeness (QED) is 0.125. The zero-order chi connectivity index (χ0) is 47.4. The van der Waals surface area contributed by atoms with Crippen LogP contribution in [0.1, 0.15) is 65.5 Å². The Hall–Kier alpha value is -4.85. The minimum atomic E-state index is -4.83. The van der Waals surface area contributed by atoms with Crippen molar-refractivity contribution in [3.63, 3.8) is 0 Å². The number of ether oxygens (including phenoxy) is 1. The van der Waals surface area contributed by atoms with Crippen molar-refractivity contribution in [2.45, 2.75) is 76.0 Å². The normalized spacial score (nSPS) is 15.7. The molecule has 66 heavy (non-hydrogen) atoms. The molecule has 0 spiro atoms. The maximum atomic E-state index is 13.1. The maximum Gasteiger partial charge on any atom is 0.573 e. The highest BCUT2D eigenvalue weighted by molar-refractivity contribution is 7.89. The second-order valence-electron chi connectivity index (χ2n) is 17.5. The Morgan fingerprint density at radius 1 is 0.606 bits per heavy atom. The zero-order valence-corrected chi connectivity index (χ0v) is 41.1. The number of nitrogens with zero attached hydrogens (tertiary/aromatic N) is 6. The highest BCUT2D eigenvalue weighted by Gasteiger charge is 2.33. The van der Waals surface area contributed by atoms with Gasteiger partial charge in [-0.15, -0.1) is 35.8 Å². The van der Waals surface area contributed by atoms with Gasteiger partial charge in [-0.2, -0.15) is 8.61 Å². The summed E-state index contributed by atoms with van der Waals surface area (Å²) in [5, 5.41) is 5.97. The smallest absolute Gasteiger partial charge is 0.406 e. The van der Waals surface area contributed by atoms with E-state index in [2.05, 4.69) is 85.7 Å². The van der Waals surface area contributed by atoms with Crippen molar-refractivity contribution >= 4 is 53.0 Å². The van der Waals surface area contributed by atoms with Gasteiger partial charge >= 0.3 is 6.36 Å². The molecule has 4 aromatic carbocycles. The number of hydrogen-bond acceptors (Lipinski definition) is 11. The molecule has 0 bridgehead atoms. The Morgan fingerprint density at radius 2 is 1.05 bits per heavy atom. The van der Waals surface area contributed by atoms with E-state index in [9.17, 15) is 30.0 Å². The van der Waals surface area contributed by atoms with Crippen LogP contribution in [0.25, 0.3) is 0 Å². The summed E-state index contributed by atoms with van der Waals surface area (Å²) in [6, 6.07) is 26.2. The van der Waals surface area contributed by atoms with Gasteiger partial charge in [-0.1, -0.05) is 80.9 Å². The van der Waals surface area contributed by atoms with Gasteiger partial charge in [-0.25, -0.2) is 26.8 Å². The first-order chi connectivity index (χ1) is 31.2. The fourth-order valence-corrected chi connectivity index (χ4v) is 12.6. The summed E-state index contributed by atoms with van der Waals surface area (Å²) in [6.45, 7) is 16.4. The number of piperazine rings is 2. The molecule has 2 fully saturated rings. The summed E-state index contributed by atoms with van der Waals surface area (Å²) in [5.41, 5.74) is 9.41. The molecule has 352 valence electrons. The Labute approximate surface area is 394 Å². The van der Waals surface area contributed by atoms with Crippen LogP contribution in [0.4, 0.5) is 23.4 Å². The molecular weight excluding hydrogens is 926 g/mol. The Kier molecular flexibility index (Phi) is 15.0. The summed E-state index contributed by atoms with van der Waals surface area (Å²) in [4.78, 5) is 14.1. The summed E-state index contributed by atoms with van der Waals surface area (Å²) in [7, 11) is -7.30. The van der Waals surface area contributed by atoms with E-state index in [1.807, 2.05) is 35.7 Å². The van der Waals surface area contributed by atoms with E-state index in [1.54, 1.807) is 39.1 Å². The first-order valence-electron chi connectivity index (χ1n) is 21.6. The fourth-order valence-electron chi connectivity index (χ4n) is 8.00. The first-order valence-corrected chi connectivity index (χ1v) is 26.3. The van der Waals surface area contributed by atoms with Gasteiger partial charge < -0.3 is 14.5 Å². The van der Waals surface area contributed by atoms with Crippen molar-refractivity contribution in [3.8, 4) is 5.75 Å². The van der Waals surface area contributed by atoms with Gasteiger partial charge in [0.2, 0.25) is 20.0 Å². The number of hydrogen-bond donors (Lipinski definition) is 0. The number of aromatic nitrogens is 2. The topological polar surface area (TPSA) is 116 Å². The van der Waals surface area contributed by atoms with Crippen LogP contribution in [-0.4, -0.2) is 94.1 Å². The SMILES string of the molecule is CC(C)(C)c1ccc(S(=O)(=O)N2CCN(c3nc(Cc4ccccc4)cs3)CC2)cc1.Cc1cc(C)c(Cc2csc(N3CCN(S(=O)(=O)c4ccc(OC(F)(F)F)cc4)CC3)n2)c(C)c1. The lowest BCUT2D eigenvalue weighted by atomic mass is 9.87. The molecule has 2 aliphatic rings. The number of benzene rings is 4. The Balaban J connectivity index is 0.000000198. The average Bonchev–Trinajstić information content (AvgIpc) is 3.95. The second-order valence-corrected chi connectivity index (χ2v) is 23.1. The molecule has 0 N–H and O–H groups in total. The fraction of sp³-hybridized carbons (Fsp3) is 0.375. The number of sulfonamides is 2. The summed E-state index contributed by atoms with van der Waals surface area (Å²) < 4.78 is 95.9. The summed E-state index contributed by atoms with van der Waals surface area (Å²) >= 11 is 3.17. The zero-order valence-electron chi connectivity index (χ0n) is 37.9. The number of anilines is 2. The molecule has 0 unspecified atom stereocenters. The first kappa shape index (κ1) is 49.1. The van der Waals surface area contributed by atoms with Crippen LogP contribution in [-0.2, 0) is 38.3 Å². The molecule has 0 radical (unpaired) electrons. The van der Waals surface area contributed by atoms with Gasteiger partial charge in [0.1, 0.15) is 5.75 Å². The van der Waals surface area contributed by atoms with E-state index in [-0.39, 0.29) is 23.4 Å². The average molecular weight is 981 g/mol. The van der Waals surface area contributed by atoms with Crippen LogP contribution >= 0.6 is 22.7 Å². The largest absolute Gasteiger partial charge is 0.573 e. The lowest BCUT2D eigenvalue weighted by Crippen LogP contribution is -2.48. The minimum absolute atomic E-state index is 0.000981. The van der Waals surface area contributed by atoms with Crippen molar-refractivity contribution in [3.05, 3.63) is 147 Å². The molecular formula is C48H55F3N6O5S4. The van der Waals surface area contributed by atoms with E-state index in [0.29, 0.717) is 44.2 Å². The molecule has 8 rings (SSSR count). The Morgan fingerprint density at radius 3 is 1.48 bits per heavy atom. The van der Waals surface area contributed by atoms with Gasteiger partial charge in [-0.05, 0) is 90.4 Å². The van der Waals surface area contributed by atoms with Gasteiger partial charge in [0.25, 0.3) is 0 Å². The summed E-state index contributed by atoms with van der Waals surface area (Å²) in [5.74, 6) is -0.461. The van der Waals surface area contributed by atoms with Gasteiger partial charge in [0, 0.05) is 76.0 Å². The predicted octanol–water partition coefficient (Wildman–Crippen LogP) is 9.61. The standard InChI is InChI=1S/C24H26F3N3O3S2.C24H29N3O2S2/c1-16-12-17(2)22(18(3)13-16)14-19-15-34-23(28-19)29-8-10-30(11-9-29)35(31,32)21-6-4-20(5-7-21)33-24(25,26)27;1-24(2,3)20-9-11-22(12-10-20)31(28,29)27-15-13-26(14-16-27)23-25-21(18-30-23)17-19-7-5-4-6-8-19/h4-7,12-13,15H,8-11,14H2,1-3H3;4-12,18H,13-17H2,1-3H3. The molecule has 0 atom stereocenters. The van der Waals surface area contributed by atoms with Gasteiger partial charge in [0.15, 0.2) is 10.3 Å². The molecule has 0 saturated carbocycles. The van der Waals surface area contributed by atoms with Crippen LogP contribution < -0.4 is 14.5 Å². The third kappa shape index (κ3) is 12.2. The highest BCUT2D eigenvalue weighted by atomic mass is 32.2. The predicted molar refractivity (Wildman–Crippen MR) is 257 cm³/mol. The van der Waals surface area contributed by atoms with Crippen molar-refractivity contribution < 1.29 is 34.7 Å². The van der Waals surface area contributed by atoms with E-state index in [0.717, 1.165) is 64.3 Å². The van der Waals surface area contributed by atoms with Crippen molar-refractivity contribution in [1.29, 1.82) is 0 Å². The minimum Gasteiger partial charge on any atom is -0.406 e. The van der Waals surface area contributed by atoms with Crippen LogP contribution in [0.15, 0.2) is 112 Å². The lowest BCUT2D eigenvalue weighted by Gasteiger charge is -2.33. The summed E-state index contributed by atoms with van der Waals surface area (Å²) in [6.07, 6.45) is -3.27. The van der Waals surface area contributed by atoms with E-state index in [4.69, 9.17) is 9.97 Å². The molecule has 2 aromatic heterocycles. The van der Waals surface area contributed by atoms with Crippen LogP contribution in [0, 0.1) is 20.8 Å². The molecule has 0 aliphatic carbocycles. The highest BCUT2D eigenvalue weighted by Crippen LogP contribution is 2.30. The van der Waals surface area contributed by atoms with Crippen molar-refractivity contribution in [1.82, 2.24) is 18.6 Å². The van der Waals surface area contributed by atoms with Crippen LogP contribution in [0.5, 0.6) is 5.75 Å². The molecule has 2 aliphatic heterocycles. The van der Waals surface area contributed by atoms with Crippen molar-refractivity contribution in [2.75, 3.05) is 62.2 Å². The van der Waals surface area contributed by atoms with E-state index < -0.39 is 32.2 Å². The molecule has 2 saturated heterocycles. The molecule has 4 heterocycles. The number of halogens is 3. The third-order valence-electron chi connectivity index (χ3n) is 11.6. The second kappa shape index (κ2) is 20.2. The molecule has 0 amide bonds. The number of rotatable bonds is 11. The Bertz CT molecular complexity index is 2770. The number of aryl methyl sites for hydroxylation is 3. The molecule has 6 aromatic rings. The maximum absolute atomic E-state index is 13.1. The number of alkyl halides is 3. The monoisotopic (exact) mass is 980 g/mol. The van der Waals surface area contributed by atoms with Gasteiger partial charge in [-0.3, -0.25) is 0 Å². The molecule has 11 nitrogen and oxygen atoms in total. The van der Waals surface area contributed by atoms with Crippen LogP contribution in [0.2, 0.25) is 0 Å². The molecule has 18 heteroatoms. The third-order valence-corrected chi connectivity index (χ3v) is 17.3. The lowest BCUT2D eigenvalue weighted by molar-refractivity contribution is -0.274. The number of thiazole rings is 2.